The van der Waals surface area contributed by atoms with Gasteiger partial charge in [-0.05, 0) is 54.6 Å². The molecule has 1 amide bonds. The highest BCUT2D eigenvalue weighted by Gasteiger charge is 2.22. The predicted octanol–water partition coefficient (Wildman–Crippen LogP) is 3.66. The molecule has 0 atom stereocenters. The molecule has 0 bridgehead atoms. The fourth-order valence-electron chi connectivity index (χ4n) is 2.82. The van der Waals surface area contributed by atoms with Crippen molar-refractivity contribution in [3.8, 4) is 17.2 Å². The van der Waals surface area contributed by atoms with Gasteiger partial charge >= 0.3 is 0 Å². The van der Waals surface area contributed by atoms with Gasteiger partial charge in [0.15, 0.2) is 0 Å². The third-order valence-corrected chi connectivity index (χ3v) is 5.80. The van der Waals surface area contributed by atoms with Crippen LogP contribution < -0.4 is 19.5 Å². The third kappa shape index (κ3) is 5.99. The van der Waals surface area contributed by atoms with E-state index < -0.39 is 15.9 Å². The molecule has 2 N–H and O–H groups in total. The van der Waals surface area contributed by atoms with Crippen molar-refractivity contribution in [2.75, 3.05) is 32.1 Å². The Kier molecular flexibility index (Phi) is 7.69. The lowest BCUT2D eigenvalue weighted by molar-refractivity contribution is 0.0937. The van der Waals surface area contributed by atoms with E-state index in [1.165, 1.54) is 32.4 Å². The quantitative estimate of drug-likeness (QED) is 0.451. The van der Waals surface area contributed by atoms with E-state index in [2.05, 4.69) is 10.0 Å². The van der Waals surface area contributed by atoms with Crippen molar-refractivity contribution in [1.82, 2.24) is 5.32 Å². The van der Waals surface area contributed by atoms with Crippen LogP contribution >= 0.6 is 0 Å². The van der Waals surface area contributed by atoms with Crippen molar-refractivity contribution in [2.45, 2.75) is 4.90 Å². The molecule has 3 rings (SSSR count). The molecule has 0 saturated carbocycles. The number of sulfonamides is 1. The summed E-state index contributed by atoms with van der Waals surface area (Å²) in [5.74, 6) is 0.941. The highest BCUT2D eigenvalue weighted by Crippen LogP contribution is 2.28. The number of hydrogen-bond donors (Lipinski definition) is 2. The fourth-order valence-corrected chi connectivity index (χ4v) is 4.08. The standard InChI is InChI=1S/C23H24N2O6S/c1-29-15-14-24-23(26)17-8-13-21(30-2)22(16-17)32(27,28)25-18-9-11-20(12-10-18)31-19-6-4-3-5-7-19/h3-13,16,25H,14-15H2,1-2H3,(H,24,26). The second-order valence-corrected chi connectivity index (χ2v) is 8.31. The molecule has 8 nitrogen and oxygen atoms in total. The first kappa shape index (κ1) is 23.1. The van der Waals surface area contributed by atoms with Gasteiger partial charge in [-0.25, -0.2) is 8.42 Å². The number of benzene rings is 3. The molecule has 0 heterocycles. The Morgan fingerprint density at radius 3 is 2.25 bits per heavy atom. The maximum absolute atomic E-state index is 13.0. The van der Waals surface area contributed by atoms with Crippen LogP contribution in [0.1, 0.15) is 10.4 Å². The van der Waals surface area contributed by atoms with Crippen LogP contribution in [0.3, 0.4) is 0 Å². The number of hydrogen-bond acceptors (Lipinski definition) is 6. The molecule has 0 aromatic heterocycles. The van der Waals surface area contributed by atoms with Gasteiger partial charge in [-0.3, -0.25) is 9.52 Å². The minimum Gasteiger partial charge on any atom is -0.495 e. The van der Waals surface area contributed by atoms with Gasteiger partial charge in [0, 0.05) is 24.9 Å². The van der Waals surface area contributed by atoms with E-state index in [1.807, 2.05) is 30.3 Å². The fraction of sp³-hybridized carbons (Fsp3) is 0.174. The molecule has 0 radical (unpaired) electrons. The van der Waals surface area contributed by atoms with Gasteiger partial charge in [-0.15, -0.1) is 0 Å². The second kappa shape index (κ2) is 10.7. The number of nitrogens with one attached hydrogen (secondary N) is 2. The average molecular weight is 457 g/mol. The van der Waals surface area contributed by atoms with Crippen molar-refractivity contribution in [3.63, 3.8) is 0 Å². The summed E-state index contributed by atoms with van der Waals surface area (Å²) in [5, 5.41) is 2.66. The molecular formula is C23H24N2O6S. The first-order valence-electron chi connectivity index (χ1n) is 9.74. The predicted molar refractivity (Wildman–Crippen MR) is 121 cm³/mol. The first-order chi connectivity index (χ1) is 15.4. The van der Waals surface area contributed by atoms with Crippen LogP contribution in [0.5, 0.6) is 17.2 Å². The van der Waals surface area contributed by atoms with Gasteiger partial charge in [0.2, 0.25) is 0 Å². The molecule has 168 valence electrons. The van der Waals surface area contributed by atoms with Crippen LogP contribution in [0.15, 0.2) is 77.7 Å². The monoisotopic (exact) mass is 456 g/mol. The van der Waals surface area contributed by atoms with Gasteiger partial charge in [0.25, 0.3) is 15.9 Å². The summed E-state index contributed by atoms with van der Waals surface area (Å²) in [6, 6.07) is 19.9. The summed E-state index contributed by atoms with van der Waals surface area (Å²) in [5.41, 5.74) is 0.524. The molecule has 0 spiro atoms. The Balaban J connectivity index is 1.78. The number of methoxy groups -OCH3 is 2. The molecular weight excluding hydrogens is 432 g/mol. The van der Waals surface area contributed by atoms with Crippen molar-refractivity contribution in [2.24, 2.45) is 0 Å². The molecule has 0 fully saturated rings. The zero-order chi connectivity index (χ0) is 23.0. The van der Waals surface area contributed by atoms with Crippen molar-refractivity contribution >= 4 is 21.6 Å². The van der Waals surface area contributed by atoms with Crippen LogP contribution in [-0.4, -0.2) is 41.7 Å². The summed E-state index contributed by atoms with van der Waals surface area (Å²) >= 11 is 0. The van der Waals surface area contributed by atoms with E-state index in [1.54, 1.807) is 24.3 Å². The SMILES string of the molecule is COCCNC(=O)c1ccc(OC)c(S(=O)(=O)Nc2ccc(Oc3ccccc3)cc2)c1. The lowest BCUT2D eigenvalue weighted by Crippen LogP contribution is -2.27. The summed E-state index contributed by atoms with van der Waals surface area (Å²) in [7, 11) is -1.14. The molecule has 32 heavy (non-hydrogen) atoms. The number of rotatable bonds is 10. The Hall–Kier alpha value is -3.56. The van der Waals surface area contributed by atoms with Crippen molar-refractivity contribution in [1.29, 1.82) is 0 Å². The Morgan fingerprint density at radius 2 is 1.59 bits per heavy atom. The van der Waals surface area contributed by atoms with E-state index in [9.17, 15) is 13.2 Å². The van der Waals surface area contributed by atoms with Crippen molar-refractivity contribution in [3.05, 3.63) is 78.4 Å². The van der Waals surface area contributed by atoms with Crippen LogP contribution in [0.2, 0.25) is 0 Å². The summed E-state index contributed by atoms with van der Waals surface area (Å²) in [6.07, 6.45) is 0. The largest absolute Gasteiger partial charge is 0.495 e. The maximum Gasteiger partial charge on any atom is 0.265 e. The molecule has 3 aromatic carbocycles. The number of ether oxygens (including phenoxy) is 3. The van der Waals surface area contributed by atoms with Crippen LogP contribution in [-0.2, 0) is 14.8 Å². The minimum absolute atomic E-state index is 0.120. The first-order valence-corrected chi connectivity index (χ1v) is 11.2. The second-order valence-electron chi connectivity index (χ2n) is 6.66. The number of carbonyl (C=O) groups is 1. The average Bonchev–Trinajstić information content (AvgIpc) is 2.80. The number of para-hydroxylation sites is 1. The van der Waals surface area contributed by atoms with E-state index in [-0.39, 0.29) is 16.2 Å². The molecule has 0 aliphatic rings. The zero-order valence-corrected chi connectivity index (χ0v) is 18.5. The molecule has 0 saturated heterocycles. The summed E-state index contributed by atoms with van der Waals surface area (Å²) in [6.45, 7) is 0.650. The summed E-state index contributed by atoms with van der Waals surface area (Å²) in [4.78, 5) is 12.2. The Morgan fingerprint density at radius 1 is 0.906 bits per heavy atom. The number of anilines is 1. The molecule has 0 aliphatic carbocycles. The minimum atomic E-state index is -4.03. The lowest BCUT2D eigenvalue weighted by Gasteiger charge is -2.14. The highest BCUT2D eigenvalue weighted by atomic mass is 32.2. The molecule has 9 heteroatoms. The van der Waals surface area contributed by atoms with Crippen LogP contribution in [0, 0.1) is 0 Å². The van der Waals surface area contributed by atoms with Gasteiger partial charge in [0.1, 0.15) is 22.1 Å². The third-order valence-electron chi connectivity index (χ3n) is 4.39. The van der Waals surface area contributed by atoms with E-state index in [0.29, 0.717) is 30.3 Å². The zero-order valence-electron chi connectivity index (χ0n) is 17.7. The Bertz CT molecular complexity index is 1150. The molecule has 0 unspecified atom stereocenters. The normalized spacial score (nSPS) is 10.9. The summed E-state index contributed by atoms with van der Waals surface area (Å²) < 4.78 is 44.4. The van der Waals surface area contributed by atoms with E-state index in [4.69, 9.17) is 14.2 Å². The van der Waals surface area contributed by atoms with Gasteiger partial charge in [0.05, 0.1) is 13.7 Å². The highest BCUT2D eigenvalue weighted by molar-refractivity contribution is 7.92. The van der Waals surface area contributed by atoms with Crippen LogP contribution in [0.25, 0.3) is 0 Å². The number of carbonyl (C=O) groups excluding carboxylic acids is 1. The maximum atomic E-state index is 13.0. The topological polar surface area (TPSA) is 103 Å². The Labute approximate surface area is 187 Å². The van der Waals surface area contributed by atoms with E-state index >= 15 is 0 Å². The molecule has 0 aliphatic heterocycles. The number of amides is 1. The molecule has 3 aromatic rings. The smallest absolute Gasteiger partial charge is 0.265 e. The van der Waals surface area contributed by atoms with E-state index in [0.717, 1.165) is 0 Å². The van der Waals surface area contributed by atoms with Crippen LogP contribution in [0.4, 0.5) is 5.69 Å². The lowest BCUT2D eigenvalue weighted by atomic mass is 10.2. The van der Waals surface area contributed by atoms with Crippen molar-refractivity contribution < 1.29 is 27.4 Å². The van der Waals surface area contributed by atoms with Gasteiger partial charge in [-0.2, -0.15) is 0 Å². The van der Waals surface area contributed by atoms with Gasteiger partial charge in [-0.1, -0.05) is 18.2 Å². The van der Waals surface area contributed by atoms with Gasteiger partial charge < -0.3 is 19.5 Å².